The molecule has 4 rings (SSSR count). The highest BCUT2D eigenvalue weighted by molar-refractivity contribution is 6.05. The monoisotopic (exact) mass is 660 g/mol. The number of piperidine rings is 1. The second-order valence-electron chi connectivity index (χ2n) is 13.9. The highest BCUT2D eigenvalue weighted by atomic mass is 19.4. The van der Waals surface area contributed by atoms with Crippen LogP contribution in [-0.4, -0.2) is 89.5 Å². The van der Waals surface area contributed by atoms with E-state index in [0.29, 0.717) is 31.9 Å². The molecule has 256 valence electrons. The molecule has 1 aromatic carbocycles. The molecule has 2 heterocycles. The highest BCUT2D eigenvalue weighted by Gasteiger charge is 2.61. The number of alkyl halides is 5. The predicted octanol–water partition coefficient (Wildman–Crippen LogP) is 5.23. The molecule has 10 nitrogen and oxygen atoms in total. The molecule has 1 N–H and O–H groups in total. The summed E-state index contributed by atoms with van der Waals surface area (Å²) in [6, 6.07) is 0.636. The zero-order valence-electron chi connectivity index (χ0n) is 27.0. The maximum Gasteiger partial charge on any atom is 0.417 e. The summed E-state index contributed by atoms with van der Waals surface area (Å²) < 4.78 is 80.2. The molecule has 1 spiro atoms. The summed E-state index contributed by atoms with van der Waals surface area (Å²) in [5, 5.41) is 1.98. The molecule has 46 heavy (non-hydrogen) atoms. The average molecular weight is 661 g/mol. The van der Waals surface area contributed by atoms with Crippen LogP contribution in [0.5, 0.6) is 5.75 Å². The van der Waals surface area contributed by atoms with Crippen LogP contribution in [0.1, 0.15) is 83.7 Å². The van der Waals surface area contributed by atoms with Crippen LogP contribution in [0, 0.1) is 5.41 Å². The Labute approximate surface area is 264 Å². The molecule has 3 aliphatic rings. The van der Waals surface area contributed by atoms with Gasteiger partial charge < -0.3 is 29.5 Å². The third-order valence-corrected chi connectivity index (χ3v) is 8.42. The van der Waals surface area contributed by atoms with Gasteiger partial charge in [0.25, 0.3) is 17.7 Å². The number of ether oxygens (including phenoxy) is 2. The second-order valence-corrected chi connectivity index (χ2v) is 13.9. The topological polar surface area (TPSA) is 108 Å². The molecule has 15 heteroatoms. The van der Waals surface area contributed by atoms with E-state index in [2.05, 4.69) is 0 Å². The Morgan fingerprint density at radius 2 is 1.80 bits per heavy atom. The smallest absolute Gasteiger partial charge is 0.417 e. The number of amides is 4. The van der Waals surface area contributed by atoms with E-state index in [1.165, 1.54) is 18.7 Å². The minimum Gasteiger partial charge on any atom is -0.476 e. The Balaban J connectivity index is 1.69. The predicted molar refractivity (Wildman–Crippen MR) is 157 cm³/mol. The second kappa shape index (κ2) is 12.2. The Morgan fingerprint density at radius 1 is 1.15 bits per heavy atom. The van der Waals surface area contributed by atoms with Gasteiger partial charge >= 0.3 is 18.7 Å². The van der Waals surface area contributed by atoms with Crippen molar-refractivity contribution in [2.45, 2.75) is 104 Å². The van der Waals surface area contributed by atoms with Crippen molar-refractivity contribution >= 4 is 29.5 Å². The number of hydrogen-bond acceptors (Lipinski definition) is 6. The lowest BCUT2D eigenvalue weighted by atomic mass is 9.93. The Bertz CT molecular complexity index is 1390. The molecule has 2 atom stereocenters. The van der Waals surface area contributed by atoms with Gasteiger partial charge in [0, 0.05) is 43.7 Å². The minimum absolute atomic E-state index is 0.157. The van der Waals surface area contributed by atoms with E-state index in [1.54, 1.807) is 39.5 Å². The lowest BCUT2D eigenvalue weighted by Crippen LogP contribution is -2.54. The third kappa shape index (κ3) is 7.17. The molecular formula is C31H41F5N4O6. The first-order chi connectivity index (χ1) is 21.1. The zero-order valence-corrected chi connectivity index (χ0v) is 27.0. The van der Waals surface area contributed by atoms with E-state index in [1.807, 2.05) is 5.32 Å². The molecule has 1 saturated carbocycles. The van der Waals surface area contributed by atoms with Gasteiger partial charge in [-0.15, -0.1) is 0 Å². The number of fused-ring (bicyclic) bond motifs is 1. The average Bonchev–Trinajstić information content (AvgIpc) is 3.58. The number of hydrogen-bond donors (Lipinski definition) is 1. The minimum atomic E-state index is -4.98. The van der Waals surface area contributed by atoms with E-state index in [-0.39, 0.29) is 24.5 Å². The molecule has 4 amide bonds. The molecule has 0 aromatic heterocycles. The highest BCUT2D eigenvalue weighted by Crippen LogP contribution is 2.56. The molecule has 1 aliphatic carbocycles. The zero-order chi connectivity index (χ0) is 34.6. The van der Waals surface area contributed by atoms with Crippen LogP contribution >= 0.6 is 0 Å². The van der Waals surface area contributed by atoms with E-state index >= 15 is 0 Å². The van der Waals surface area contributed by atoms with Crippen molar-refractivity contribution in [3.05, 3.63) is 23.3 Å². The van der Waals surface area contributed by atoms with Crippen molar-refractivity contribution in [3.63, 3.8) is 0 Å². The summed E-state index contributed by atoms with van der Waals surface area (Å²) in [7, 11) is 0. The number of likely N-dealkylation sites (tertiary alicyclic amines) is 1. The maximum absolute atomic E-state index is 14.5. The number of carbonyl (C=O) groups excluding carboxylic acids is 4. The first-order valence-electron chi connectivity index (χ1n) is 15.2. The fourth-order valence-corrected chi connectivity index (χ4v) is 6.29. The normalized spacial score (nSPS) is 22.5. The lowest BCUT2D eigenvalue weighted by molar-refractivity contribution is -0.138. The summed E-state index contributed by atoms with van der Waals surface area (Å²) in [4.78, 5) is 55.7. The van der Waals surface area contributed by atoms with Crippen molar-refractivity contribution in [3.8, 4) is 5.75 Å². The Hall–Kier alpha value is -3.65. The summed E-state index contributed by atoms with van der Waals surface area (Å²) in [5.74, 6) is -3.50. The standard InChI is InChI=1S/C31H41F5N4O6/c1-17(2)40(22-15-30(22)9-8-11-38(16-30)27(44)46-28(3,4)5)25(42)18-13-20-21(14-19(18)31(34,35)36)45-29(6,7)26(43)39(20)12-10-37-24(41)23(32)33/h13-14,17,22-23H,8-12,15-16H2,1-7H3,(H,37,41)/t22?,30-/m1/s1. The molecule has 1 saturated heterocycles. The summed E-state index contributed by atoms with van der Waals surface area (Å²) in [6.45, 7) is 11.3. The van der Waals surface area contributed by atoms with Gasteiger partial charge in [0.1, 0.15) is 11.4 Å². The van der Waals surface area contributed by atoms with Crippen molar-refractivity contribution in [1.82, 2.24) is 15.1 Å². The van der Waals surface area contributed by atoms with Crippen LogP contribution in [-0.2, 0) is 20.5 Å². The van der Waals surface area contributed by atoms with Crippen LogP contribution in [0.2, 0.25) is 0 Å². The molecule has 2 fully saturated rings. The summed E-state index contributed by atoms with van der Waals surface area (Å²) in [5.41, 5.74) is -4.98. The first kappa shape index (κ1) is 35.2. The number of benzene rings is 1. The third-order valence-electron chi connectivity index (χ3n) is 8.42. The van der Waals surface area contributed by atoms with Gasteiger partial charge in [-0.25, -0.2) is 4.79 Å². The van der Waals surface area contributed by atoms with E-state index in [9.17, 15) is 41.1 Å². The van der Waals surface area contributed by atoms with Gasteiger partial charge in [0.2, 0.25) is 0 Å². The fraction of sp³-hybridized carbons (Fsp3) is 0.677. The number of rotatable bonds is 7. The molecule has 0 radical (unpaired) electrons. The van der Waals surface area contributed by atoms with Crippen LogP contribution < -0.4 is 15.0 Å². The molecule has 2 aliphatic heterocycles. The van der Waals surface area contributed by atoms with Gasteiger partial charge in [-0.3, -0.25) is 14.4 Å². The van der Waals surface area contributed by atoms with Crippen molar-refractivity contribution < 1.29 is 50.6 Å². The van der Waals surface area contributed by atoms with E-state index in [0.717, 1.165) is 11.0 Å². The number of carbonyl (C=O) groups is 4. The van der Waals surface area contributed by atoms with Crippen LogP contribution in [0.15, 0.2) is 12.1 Å². The number of nitrogens with zero attached hydrogens (tertiary/aromatic N) is 3. The number of nitrogens with one attached hydrogen (secondary N) is 1. The van der Waals surface area contributed by atoms with Gasteiger partial charge in [-0.2, -0.15) is 22.0 Å². The lowest BCUT2D eigenvalue weighted by Gasteiger charge is -2.40. The SMILES string of the molecule is CC(C)N(C(=O)c1cc2c(cc1C(F)(F)F)OC(C)(C)C(=O)N2CCNC(=O)C(F)F)C1C[C@@]12CCCN(C(=O)OC(C)(C)C)C2. The van der Waals surface area contributed by atoms with Crippen molar-refractivity contribution in [2.75, 3.05) is 31.1 Å². The maximum atomic E-state index is 14.5. The van der Waals surface area contributed by atoms with Crippen LogP contribution in [0.4, 0.5) is 32.4 Å². The molecule has 1 aromatic rings. The van der Waals surface area contributed by atoms with Crippen molar-refractivity contribution in [2.24, 2.45) is 5.41 Å². The van der Waals surface area contributed by atoms with Gasteiger partial charge in [-0.1, -0.05) is 0 Å². The fourth-order valence-electron chi connectivity index (χ4n) is 6.29. The summed E-state index contributed by atoms with van der Waals surface area (Å²) in [6.07, 6.45) is -6.99. The van der Waals surface area contributed by atoms with Gasteiger partial charge in [-0.05, 0) is 79.9 Å². The Kier molecular flexibility index (Phi) is 9.32. The van der Waals surface area contributed by atoms with Crippen LogP contribution in [0.25, 0.3) is 0 Å². The van der Waals surface area contributed by atoms with E-state index in [4.69, 9.17) is 9.47 Å². The number of anilines is 1. The van der Waals surface area contributed by atoms with Gasteiger partial charge in [0.05, 0.1) is 16.8 Å². The largest absolute Gasteiger partial charge is 0.476 e. The van der Waals surface area contributed by atoms with Crippen molar-refractivity contribution in [1.29, 1.82) is 0 Å². The first-order valence-corrected chi connectivity index (χ1v) is 15.2. The van der Waals surface area contributed by atoms with Gasteiger partial charge in [0.15, 0.2) is 5.60 Å². The molecule has 0 bridgehead atoms. The number of halogens is 5. The molecular weight excluding hydrogens is 619 g/mol. The summed E-state index contributed by atoms with van der Waals surface area (Å²) >= 11 is 0. The van der Waals surface area contributed by atoms with E-state index < -0.39 is 82.8 Å². The molecule has 1 unspecified atom stereocenters. The van der Waals surface area contributed by atoms with Crippen LogP contribution in [0.3, 0.4) is 0 Å². The quantitative estimate of drug-likeness (QED) is 0.402. The Morgan fingerprint density at radius 3 is 2.37 bits per heavy atom.